The van der Waals surface area contributed by atoms with Crippen LogP contribution in [0.15, 0.2) is 6.07 Å². The third-order valence-electron chi connectivity index (χ3n) is 1.83. The predicted octanol–water partition coefficient (Wildman–Crippen LogP) is 2.45. The van der Waals surface area contributed by atoms with Gasteiger partial charge in [-0.15, -0.1) is 0 Å². The molecule has 13 heavy (non-hydrogen) atoms. The standard InChI is InChI=1S/C9H9F2NO/c1-5-3-7(9(10)11)6(2)12-8(5)4-13/h3-4,9H,1-2H3. The van der Waals surface area contributed by atoms with E-state index in [4.69, 9.17) is 0 Å². The van der Waals surface area contributed by atoms with Crippen molar-refractivity contribution in [3.05, 3.63) is 28.6 Å². The molecule has 1 aromatic rings. The lowest BCUT2D eigenvalue weighted by atomic mass is 10.1. The minimum Gasteiger partial charge on any atom is -0.296 e. The number of aryl methyl sites for hydroxylation is 2. The van der Waals surface area contributed by atoms with Gasteiger partial charge in [0, 0.05) is 11.3 Å². The van der Waals surface area contributed by atoms with Crippen LogP contribution in [-0.2, 0) is 0 Å². The Labute approximate surface area is 74.6 Å². The Morgan fingerprint density at radius 3 is 2.54 bits per heavy atom. The molecule has 0 bridgehead atoms. The number of aldehydes is 1. The van der Waals surface area contributed by atoms with E-state index in [0.29, 0.717) is 11.8 Å². The van der Waals surface area contributed by atoms with Crippen LogP contribution in [0.4, 0.5) is 8.78 Å². The Morgan fingerprint density at radius 2 is 2.08 bits per heavy atom. The summed E-state index contributed by atoms with van der Waals surface area (Å²) < 4.78 is 24.6. The van der Waals surface area contributed by atoms with Crippen LogP contribution in [0.5, 0.6) is 0 Å². The lowest BCUT2D eigenvalue weighted by Gasteiger charge is -2.06. The van der Waals surface area contributed by atoms with Gasteiger partial charge in [0.15, 0.2) is 6.29 Å². The van der Waals surface area contributed by atoms with Crippen LogP contribution >= 0.6 is 0 Å². The molecule has 0 saturated heterocycles. The smallest absolute Gasteiger partial charge is 0.265 e. The molecule has 4 heteroatoms. The van der Waals surface area contributed by atoms with Crippen molar-refractivity contribution in [2.75, 3.05) is 0 Å². The molecule has 0 amide bonds. The van der Waals surface area contributed by atoms with Crippen LogP contribution in [-0.4, -0.2) is 11.3 Å². The largest absolute Gasteiger partial charge is 0.296 e. The van der Waals surface area contributed by atoms with Gasteiger partial charge in [-0.25, -0.2) is 13.8 Å². The molecule has 0 spiro atoms. The number of nitrogens with zero attached hydrogens (tertiary/aromatic N) is 1. The van der Waals surface area contributed by atoms with Gasteiger partial charge in [-0.1, -0.05) is 0 Å². The van der Waals surface area contributed by atoms with E-state index in [2.05, 4.69) is 4.98 Å². The van der Waals surface area contributed by atoms with Gasteiger partial charge in [0.05, 0.1) is 0 Å². The Kier molecular flexibility index (Phi) is 2.70. The second-order valence-corrected chi connectivity index (χ2v) is 2.78. The normalized spacial score (nSPS) is 10.5. The van der Waals surface area contributed by atoms with Gasteiger partial charge in [0.1, 0.15) is 5.69 Å². The van der Waals surface area contributed by atoms with E-state index in [0.717, 1.165) is 0 Å². The van der Waals surface area contributed by atoms with Crippen molar-refractivity contribution in [3.8, 4) is 0 Å². The minimum atomic E-state index is -2.54. The van der Waals surface area contributed by atoms with Crippen molar-refractivity contribution in [3.63, 3.8) is 0 Å². The molecule has 0 unspecified atom stereocenters. The van der Waals surface area contributed by atoms with E-state index < -0.39 is 6.43 Å². The van der Waals surface area contributed by atoms with E-state index in [-0.39, 0.29) is 17.0 Å². The van der Waals surface area contributed by atoms with Crippen molar-refractivity contribution < 1.29 is 13.6 Å². The third-order valence-corrected chi connectivity index (χ3v) is 1.83. The van der Waals surface area contributed by atoms with Gasteiger partial charge in [-0.2, -0.15) is 0 Å². The first-order chi connectivity index (χ1) is 6.06. The van der Waals surface area contributed by atoms with Gasteiger partial charge < -0.3 is 0 Å². The van der Waals surface area contributed by atoms with Crippen LogP contribution in [0, 0.1) is 13.8 Å². The topological polar surface area (TPSA) is 30.0 Å². The van der Waals surface area contributed by atoms with Gasteiger partial charge in [-0.05, 0) is 25.5 Å². The Bertz CT molecular complexity index is 337. The number of pyridine rings is 1. The Morgan fingerprint density at radius 1 is 1.46 bits per heavy atom. The molecular weight excluding hydrogens is 176 g/mol. The summed E-state index contributed by atoms with van der Waals surface area (Å²) in [5.41, 5.74) is 0.809. The number of aromatic nitrogens is 1. The average Bonchev–Trinajstić information content (AvgIpc) is 2.07. The molecule has 1 rings (SSSR count). The molecule has 2 nitrogen and oxygen atoms in total. The Balaban J connectivity index is 3.28. The van der Waals surface area contributed by atoms with Crippen LogP contribution in [0.25, 0.3) is 0 Å². The van der Waals surface area contributed by atoms with Crippen molar-refractivity contribution >= 4 is 6.29 Å². The second-order valence-electron chi connectivity index (χ2n) is 2.78. The van der Waals surface area contributed by atoms with Crippen molar-refractivity contribution in [1.29, 1.82) is 0 Å². The highest BCUT2D eigenvalue weighted by atomic mass is 19.3. The highest BCUT2D eigenvalue weighted by Crippen LogP contribution is 2.22. The Hall–Kier alpha value is -1.32. The van der Waals surface area contributed by atoms with Gasteiger partial charge in [0.2, 0.25) is 0 Å². The SMILES string of the molecule is Cc1cc(C(F)F)c(C)nc1C=O. The maximum atomic E-state index is 12.3. The first-order valence-electron chi connectivity index (χ1n) is 3.77. The molecule has 1 aromatic heterocycles. The number of carbonyl (C=O) groups excluding carboxylic acids is 1. The van der Waals surface area contributed by atoms with Gasteiger partial charge >= 0.3 is 0 Å². The lowest BCUT2D eigenvalue weighted by molar-refractivity contribution is 0.111. The fraction of sp³-hybridized carbons (Fsp3) is 0.333. The summed E-state index contributed by atoms with van der Waals surface area (Å²) >= 11 is 0. The molecule has 0 fully saturated rings. The van der Waals surface area contributed by atoms with Crippen LogP contribution < -0.4 is 0 Å². The molecule has 0 aliphatic rings. The van der Waals surface area contributed by atoms with Gasteiger partial charge in [0.25, 0.3) is 6.43 Å². The summed E-state index contributed by atoms with van der Waals surface area (Å²) in [6.07, 6.45) is -1.97. The van der Waals surface area contributed by atoms with Gasteiger partial charge in [-0.3, -0.25) is 4.79 Å². The van der Waals surface area contributed by atoms with Crippen molar-refractivity contribution in [1.82, 2.24) is 4.98 Å². The summed E-state index contributed by atoms with van der Waals surface area (Å²) in [6, 6.07) is 1.30. The van der Waals surface area contributed by atoms with Crippen LogP contribution in [0.3, 0.4) is 0 Å². The zero-order valence-corrected chi connectivity index (χ0v) is 7.34. The number of alkyl halides is 2. The molecule has 0 aromatic carbocycles. The maximum Gasteiger partial charge on any atom is 0.265 e. The van der Waals surface area contributed by atoms with E-state index in [9.17, 15) is 13.6 Å². The van der Waals surface area contributed by atoms with E-state index in [1.165, 1.54) is 13.0 Å². The quantitative estimate of drug-likeness (QED) is 0.662. The van der Waals surface area contributed by atoms with Crippen LogP contribution in [0.2, 0.25) is 0 Å². The summed E-state index contributed by atoms with van der Waals surface area (Å²) in [5.74, 6) is 0. The van der Waals surface area contributed by atoms with Crippen LogP contribution in [0.1, 0.15) is 33.7 Å². The molecule has 0 aliphatic heterocycles. The number of rotatable bonds is 2. The number of hydrogen-bond donors (Lipinski definition) is 0. The van der Waals surface area contributed by atoms with Crippen molar-refractivity contribution in [2.24, 2.45) is 0 Å². The molecule has 70 valence electrons. The molecule has 0 radical (unpaired) electrons. The highest BCUT2D eigenvalue weighted by Gasteiger charge is 2.13. The third kappa shape index (κ3) is 1.88. The fourth-order valence-corrected chi connectivity index (χ4v) is 1.09. The highest BCUT2D eigenvalue weighted by molar-refractivity contribution is 5.74. The molecule has 0 atom stereocenters. The molecule has 0 saturated carbocycles. The summed E-state index contributed by atoms with van der Waals surface area (Å²) in [7, 11) is 0. The molecular formula is C9H9F2NO. The zero-order valence-electron chi connectivity index (χ0n) is 7.34. The fourth-order valence-electron chi connectivity index (χ4n) is 1.09. The zero-order chi connectivity index (χ0) is 10.0. The van der Waals surface area contributed by atoms with E-state index >= 15 is 0 Å². The molecule has 0 aliphatic carbocycles. The average molecular weight is 185 g/mol. The molecule has 0 N–H and O–H groups in total. The van der Waals surface area contributed by atoms with E-state index in [1.807, 2.05) is 0 Å². The first kappa shape index (κ1) is 9.77. The van der Waals surface area contributed by atoms with E-state index in [1.54, 1.807) is 6.92 Å². The maximum absolute atomic E-state index is 12.3. The lowest BCUT2D eigenvalue weighted by Crippen LogP contribution is -2.00. The summed E-state index contributed by atoms with van der Waals surface area (Å²) in [4.78, 5) is 14.2. The summed E-state index contributed by atoms with van der Waals surface area (Å²) in [6.45, 7) is 3.05. The molecule has 1 heterocycles. The monoisotopic (exact) mass is 185 g/mol. The number of halogens is 2. The number of carbonyl (C=O) groups is 1. The predicted molar refractivity (Wildman–Crippen MR) is 44.1 cm³/mol. The number of hydrogen-bond acceptors (Lipinski definition) is 2. The minimum absolute atomic E-state index is 0.108. The summed E-state index contributed by atoms with van der Waals surface area (Å²) in [5, 5.41) is 0. The van der Waals surface area contributed by atoms with Crippen molar-refractivity contribution in [2.45, 2.75) is 20.3 Å². The first-order valence-corrected chi connectivity index (χ1v) is 3.77. The second kappa shape index (κ2) is 3.60.